The van der Waals surface area contributed by atoms with Gasteiger partial charge in [0.1, 0.15) is 0 Å². The lowest BCUT2D eigenvalue weighted by molar-refractivity contribution is 0.111. The van der Waals surface area contributed by atoms with Gasteiger partial charge in [-0.1, -0.05) is 60.7 Å². The molecule has 0 radical (unpaired) electrons. The van der Waals surface area contributed by atoms with E-state index in [1.165, 1.54) is 0 Å². The van der Waals surface area contributed by atoms with Gasteiger partial charge >= 0.3 is 0 Å². The summed E-state index contributed by atoms with van der Waals surface area (Å²) in [4.78, 5) is 23.0. The molecule has 0 atom stereocenters. The minimum atomic E-state index is 0.584. The molecule has 0 spiro atoms. The molecule has 0 aliphatic rings. The molecule has 114 valence electrons. The van der Waals surface area contributed by atoms with E-state index < -0.39 is 0 Å². The molecule has 0 aliphatic heterocycles. The molecular weight excluding hydrogens is 296 g/mol. The third-order valence-corrected chi connectivity index (χ3v) is 4.42. The minimum Gasteiger partial charge on any atom is -0.298 e. The molecule has 24 heavy (non-hydrogen) atoms. The van der Waals surface area contributed by atoms with Crippen LogP contribution >= 0.6 is 0 Å². The molecule has 0 aliphatic carbocycles. The summed E-state index contributed by atoms with van der Waals surface area (Å²) in [5.41, 5.74) is 2.74. The monoisotopic (exact) mass is 310 g/mol. The van der Waals surface area contributed by atoms with Crippen molar-refractivity contribution in [1.82, 2.24) is 0 Å². The Bertz CT molecular complexity index is 1090. The van der Waals surface area contributed by atoms with Crippen LogP contribution in [-0.4, -0.2) is 12.6 Å². The second kappa shape index (κ2) is 5.74. The van der Waals surface area contributed by atoms with Crippen molar-refractivity contribution in [1.29, 1.82) is 0 Å². The summed E-state index contributed by atoms with van der Waals surface area (Å²) in [6.07, 6.45) is 1.68. The van der Waals surface area contributed by atoms with Crippen LogP contribution in [0.2, 0.25) is 0 Å². The Kier molecular flexibility index (Phi) is 3.43. The molecule has 4 aromatic rings. The van der Waals surface area contributed by atoms with E-state index >= 15 is 0 Å². The number of rotatable bonds is 3. The fourth-order valence-electron chi connectivity index (χ4n) is 3.25. The van der Waals surface area contributed by atoms with Crippen LogP contribution in [0, 0.1) is 0 Å². The third kappa shape index (κ3) is 2.20. The maximum absolute atomic E-state index is 11.6. The molecule has 0 saturated carbocycles. The van der Waals surface area contributed by atoms with Crippen LogP contribution in [-0.2, 0) is 0 Å². The summed E-state index contributed by atoms with van der Waals surface area (Å²) in [6, 6.07) is 23.5. The fourth-order valence-corrected chi connectivity index (χ4v) is 3.25. The van der Waals surface area contributed by atoms with Crippen molar-refractivity contribution in [2.75, 3.05) is 0 Å². The van der Waals surface area contributed by atoms with Gasteiger partial charge in [-0.3, -0.25) is 9.59 Å². The predicted octanol–water partition coefficient (Wildman–Crippen LogP) is 5.29. The molecule has 0 amide bonds. The molecule has 4 rings (SSSR count). The van der Waals surface area contributed by atoms with Gasteiger partial charge in [-0.15, -0.1) is 0 Å². The van der Waals surface area contributed by atoms with Crippen LogP contribution in [0.1, 0.15) is 20.7 Å². The summed E-state index contributed by atoms with van der Waals surface area (Å²) in [5.74, 6) is 0. The number of fused-ring (bicyclic) bond motifs is 3. The van der Waals surface area contributed by atoms with E-state index in [0.717, 1.165) is 45.2 Å². The summed E-state index contributed by atoms with van der Waals surface area (Å²) in [5, 5.41) is 4.38. The maximum Gasteiger partial charge on any atom is 0.150 e. The molecule has 0 bridgehead atoms. The average Bonchev–Trinajstić information content (AvgIpc) is 2.66. The normalized spacial score (nSPS) is 10.8. The Labute approximate surface area is 139 Å². The van der Waals surface area contributed by atoms with Crippen molar-refractivity contribution in [3.8, 4) is 11.1 Å². The average molecular weight is 310 g/mol. The smallest absolute Gasteiger partial charge is 0.150 e. The van der Waals surface area contributed by atoms with Crippen molar-refractivity contribution in [3.05, 3.63) is 83.9 Å². The molecule has 0 heterocycles. The molecule has 0 unspecified atom stereocenters. The highest BCUT2D eigenvalue weighted by Gasteiger charge is 2.11. The zero-order chi connectivity index (χ0) is 16.5. The van der Waals surface area contributed by atoms with E-state index in [0.29, 0.717) is 11.1 Å². The van der Waals surface area contributed by atoms with E-state index in [1.807, 2.05) is 48.5 Å². The van der Waals surface area contributed by atoms with E-state index in [9.17, 15) is 9.59 Å². The first-order chi connectivity index (χ1) is 11.8. The highest BCUT2D eigenvalue weighted by atomic mass is 16.1. The topological polar surface area (TPSA) is 34.1 Å². The Morgan fingerprint density at radius 3 is 2.08 bits per heavy atom. The molecule has 0 N–H and O–H groups in total. The van der Waals surface area contributed by atoms with Gasteiger partial charge in [-0.05, 0) is 44.8 Å². The van der Waals surface area contributed by atoms with Crippen molar-refractivity contribution in [2.24, 2.45) is 0 Å². The van der Waals surface area contributed by atoms with Gasteiger partial charge in [0, 0.05) is 11.1 Å². The van der Waals surface area contributed by atoms with Gasteiger partial charge < -0.3 is 0 Å². The van der Waals surface area contributed by atoms with Gasteiger partial charge in [-0.25, -0.2) is 0 Å². The van der Waals surface area contributed by atoms with E-state index in [-0.39, 0.29) is 0 Å². The first-order valence-corrected chi connectivity index (χ1v) is 7.77. The Balaban J connectivity index is 2.12. The minimum absolute atomic E-state index is 0.584. The zero-order valence-corrected chi connectivity index (χ0v) is 12.9. The maximum atomic E-state index is 11.6. The third-order valence-electron chi connectivity index (χ3n) is 4.42. The fraction of sp³-hybridized carbons (Fsp3) is 0. The molecule has 0 fully saturated rings. The number of benzene rings is 4. The van der Waals surface area contributed by atoms with E-state index in [2.05, 4.69) is 18.2 Å². The highest BCUT2D eigenvalue weighted by molar-refractivity contribution is 6.11. The largest absolute Gasteiger partial charge is 0.298 e. The quantitative estimate of drug-likeness (QED) is 0.381. The number of carbonyl (C=O) groups is 2. The zero-order valence-electron chi connectivity index (χ0n) is 12.9. The summed E-state index contributed by atoms with van der Waals surface area (Å²) in [6.45, 7) is 0. The predicted molar refractivity (Wildman–Crippen MR) is 97.7 cm³/mol. The van der Waals surface area contributed by atoms with Crippen molar-refractivity contribution in [3.63, 3.8) is 0 Å². The Morgan fingerprint density at radius 2 is 1.25 bits per heavy atom. The lowest BCUT2D eigenvalue weighted by Gasteiger charge is -2.11. The molecular formula is C22H14O2. The second-order valence-corrected chi connectivity index (χ2v) is 5.77. The highest BCUT2D eigenvalue weighted by Crippen LogP contribution is 2.33. The van der Waals surface area contributed by atoms with Gasteiger partial charge in [0.2, 0.25) is 0 Å². The van der Waals surface area contributed by atoms with Crippen LogP contribution in [0.15, 0.2) is 72.8 Å². The summed E-state index contributed by atoms with van der Waals surface area (Å²) < 4.78 is 0. The van der Waals surface area contributed by atoms with E-state index in [1.54, 1.807) is 6.07 Å². The van der Waals surface area contributed by atoms with E-state index in [4.69, 9.17) is 0 Å². The van der Waals surface area contributed by atoms with Crippen molar-refractivity contribution in [2.45, 2.75) is 0 Å². The van der Waals surface area contributed by atoms with Crippen LogP contribution < -0.4 is 0 Å². The van der Waals surface area contributed by atoms with Crippen molar-refractivity contribution >= 4 is 34.1 Å². The Morgan fingerprint density at radius 1 is 0.542 bits per heavy atom. The van der Waals surface area contributed by atoms with Crippen LogP contribution in [0.4, 0.5) is 0 Å². The lowest BCUT2D eigenvalue weighted by Crippen LogP contribution is -1.93. The lowest BCUT2D eigenvalue weighted by atomic mass is 9.91. The second-order valence-electron chi connectivity index (χ2n) is 5.77. The van der Waals surface area contributed by atoms with Gasteiger partial charge in [-0.2, -0.15) is 0 Å². The first-order valence-electron chi connectivity index (χ1n) is 7.77. The molecule has 4 aromatic carbocycles. The van der Waals surface area contributed by atoms with Crippen LogP contribution in [0.3, 0.4) is 0 Å². The number of aldehydes is 2. The SMILES string of the molecule is O=Cc1ccccc1-c1cc2c(ccc3ccccc32)cc1C=O. The van der Waals surface area contributed by atoms with Gasteiger partial charge in [0.05, 0.1) is 0 Å². The van der Waals surface area contributed by atoms with Crippen LogP contribution in [0.5, 0.6) is 0 Å². The molecule has 2 nitrogen and oxygen atoms in total. The first kappa shape index (κ1) is 14.3. The molecule has 0 aromatic heterocycles. The summed E-state index contributed by atoms with van der Waals surface area (Å²) >= 11 is 0. The molecule has 2 heteroatoms. The van der Waals surface area contributed by atoms with Gasteiger partial charge in [0.15, 0.2) is 12.6 Å². The number of hydrogen-bond donors (Lipinski definition) is 0. The number of hydrogen-bond acceptors (Lipinski definition) is 2. The van der Waals surface area contributed by atoms with Crippen molar-refractivity contribution < 1.29 is 9.59 Å². The number of carbonyl (C=O) groups excluding carboxylic acids is 2. The standard InChI is InChI=1S/C22H14O2/c23-13-17-6-2-4-8-20(17)22-12-21-16(11-18(22)14-24)10-9-15-5-1-3-7-19(15)21/h1-14H. The van der Waals surface area contributed by atoms with Crippen LogP contribution in [0.25, 0.3) is 32.7 Å². The van der Waals surface area contributed by atoms with Gasteiger partial charge in [0.25, 0.3) is 0 Å². The molecule has 0 saturated heterocycles. The summed E-state index contributed by atoms with van der Waals surface area (Å²) in [7, 11) is 0. The Hall–Kier alpha value is -3.26.